The molecule has 0 unspecified atom stereocenters. The molecule has 98 valence electrons. The van der Waals surface area contributed by atoms with Crippen molar-refractivity contribution in [3.8, 4) is 0 Å². The first-order valence-electron chi connectivity index (χ1n) is 6.65. The molecule has 20 heavy (non-hydrogen) atoms. The maximum atomic E-state index is 12.4. The quantitative estimate of drug-likeness (QED) is 0.733. The standard InChI is InChI=1S/C16H13N3O/c20-15-10-13(11-6-2-1-3-7-11)18-16-17-12-8-4-5-9-14(12)19(15)16/h1-9,13H,10H2,(H,17,18)/t13-/m1/s1. The van der Waals surface area contributed by atoms with Crippen molar-refractivity contribution in [1.29, 1.82) is 0 Å². The Morgan fingerprint density at radius 1 is 1.05 bits per heavy atom. The molecule has 0 amide bonds. The van der Waals surface area contributed by atoms with E-state index in [1.54, 1.807) is 4.57 Å². The summed E-state index contributed by atoms with van der Waals surface area (Å²) in [5.74, 6) is 0.720. The lowest BCUT2D eigenvalue weighted by atomic mass is 10.0. The summed E-state index contributed by atoms with van der Waals surface area (Å²) in [5.41, 5.74) is 2.82. The van der Waals surface area contributed by atoms with Crippen molar-refractivity contribution in [2.75, 3.05) is 5.32 Å². The summed E-state index contributed by atoms with van der Waals surface area (Å²) >= 11 is 0. The van der Waals surface area contributed by atoms with Crippen LogP contribution in [0.1, 0.15) is 22.8 Å². The van der Waals surface area contributed by atoms with Gasteiger partial charge < -0.3 is 5.32 Å². The summed E-state index contributed by atoms with van der Waals surface area (Å²) in [6, 6.07) is 17.7. The van der Waals surface area contributed by atoms with E-state index in [4.69, 9.17) is 0 Å². The Balaban J connectivity index is 1.82. The second-order valence-corrected chi connectivity index (χ2v) is 4.97. The Labute approximate surface area is 116 Å². The molecule has 1 aliphatic heterocycles. The predicted molar refractivity (Wildman–Crippen MR) is 77.8 cm³/mol. The Hall–Kier alpha value is -2.62. The van der Waals surface area contributed by atoms with Crippen molar-refractivity contribution < 1.29 is 4.79 Å². The maximum absolute atomic E-state index is 12.4. The number of anilines is 1. The van der Waals surface area contributed by atoms with Crippen molar-refractivity contribution in [2.45, 2.75) is 12.5 Å². The number of carbonyl (C=O) groups is 1. The van der Waals surface area contributed by atoms with Crippen molar-refractivity contribution in [3.63, 3.8) is 0 Å². The fourth-order valence-electron chi connectivity index (χ4n) is 2.73. The van der Waals surface area contributed by atoms with Crippen LogP contribution in [-0.2, 0) is 0 Å². The van der Waals surface area contributed by atoms with E-state index in [1.807, 2.05) is 54.6 Å². The first-order chi connectivity index (χ1) is 9.83. The molecule has 0 saturated carbocycles. The molecule has 1 aromatic heterocycles. The highest BCUT2D eigenvalue weighted by Gasteiger charge is 2.27. The largest absolute Gasteiger partial charge is 0.348 e. The first-order valence-corrected chi connectivity index (χ1v) is 6.65. The number of hydrogen-bond donors (Lipinski definition) is 1. The van der Waals surface area contributed by atoms with Gasteiger partial charge in [-0.25, -0.2) is 9.55 Å². The van der Waals surface area contributed by atoms with Gasteiger partial charge in [-0.1, -0.05) is 42.5 Å². The molecule has 0 radical (unpaired) electrons. The van der Waals surface area contributed by atoms with Gasteiger partial charge >= 0.3 is 0 Å². The van der Waals surface area contributed by atoms with Gasteiger partial charge in [-0.3, -0.25) is 4.79 Å². The van der Waals surface area contributed by atoms with Crippen LogP contribution in [0.5, 0.6) is 0 Å². The molecule has 1 aliphatic rings. The third kappa shape index (κ3) is 1.61. The average Bonchev–Trinajstić information content (AvgIpc) is 2.87. The highest BCUT2D eigenvalue weighted by molar-refractivity contribution is 5.95. The van der Waals surface area contributed by atoms with Crippen molar-refractivity contribution >= 4 is 22.9 Å². The van der Waals surface area contributed by atoms with Crippen molar-refractivity contribution in [2.24, 2.45) is 0 Å². The van der Waals surface area contributed by atoms with Gasteiger partial charge in [-0.15, -0.1) is 0 Å². The van der Waals surface area contributed by atoms with Gasteiger partial charge in [0.15, 0.2) is 0 Å². The lowest BCUT2D eigenvalue weighted by Crippen LogP contribution is -2.27. The number of benzene rings is 2. The van der Waals surface area contributed by atoms with E-state index in [9.17, 15) is 4.79 Å². The van der Waals surface area contributed by atoms with Gasteiger partial charge in [0.05, 0.1) is 23.5 Å². The van der Waals surface area contributed by atoms with Gasteiger partial charge in [-0.2, -0.15) is 0 Å². The second-order valence-electron chi connectivity index (χ2n) is 4.97. The summed E-state index contributed by atoms with van der Waals surface area (Å²) in [6.45, 7) is 0. The van der Waals surface area contributed by atoms with Gasteiger partial charge in [-0.05, 0) is 17.7 Å². The lowest BCUT2D eigenvalue weighted by Gasteiger charge is -2.24. The number of carbonyl (C=O) groups excluding carboxylic acids is 1. The third-order valence-electron chi connectivity index (χ3n) is 3.69. The Bertz CT molecular complexity index is 792. The number of para-hydroxylation sites is 2. The summed E-state index contributed by atoms with van der Waals surface area (Å²) in [6.07, 6.45) is 0.442. The number of aromatic nitrogens is 2. The highest BCUT2D eigenvalue weighted by Crippen LogP contribution is 2.31. The SMILES string of the molecule is O=C1C[C@H](c2ccccc2)Nc2nc3ccccc3n21. The first kappa shape index (κ1) is 11.2. The fraction of sp³-hybridized carbons (Fsp3) is 0.125. The van der Waals surface area contributed by atoms with E-state index in [-0.39, 0.29) is 11.9 Å². The summed E-state index contributed by atoms with van der Waals surface area (Å²) < 4.78 is 1.68. The smallest absolute Gasteiger partial charge is 0.236 e. The van der Waals surface area contributed by atoms with E-state index < -0.39 is 0 Å². The minimum Gasteiger partial charge on any atom is -0.348 e. The maximum Gasteiger partial charge on any atom is 0.236 e. The average molecular weight is 263 g/mol. The molecule has 1 atom stereocenters. The minimum atomic E-state index is -0.00647. The Morgan fingerprint density at radius 3 is 2.65 bits per heavy atom. The number of rotatable bonds is 1. The van der Waals surface area contributed by atoms with Crippen LogP contribution in [0.15, 0.2) is 54.6 Å². The molecule has 0 aliphatic carbocycles. The zero-order valence-electron chi connectivity index (χ0n) is 10.8. The Morgan fingerprint density at radius 2 is 1.80 bits per heavy atom. The molecule has 2 aromatic carbocycles. The van der Waals surface area contributed by atoms with Crippen LogP contribution >= 0.6 is 0 Å². The molecule has 0 fully saturated rings. The Kier molecular flexibility index (Phi) is 2.36. The van der Waals surface area contributed by atoms with Crippen LogP contribution in [0, 0.1) is 0 Å². The van der Waals surface area contributed by atoms with Crippen LogP contribution in [0.3, 0.4) is 0 Å². The van der Waals surface area contributed by atoms with Crippen LogP contribution in [0.2, 0.25) is 0 Å². The van der Waals surface area contributed by atoms with Crippen LogP contribution in [-0.4, -0.2) is 15.5 Å². The number of imidazole rings is 1. The minimum absolute atomic E-state index is 0.00647. The van der Waals surface area contributed by atoms with Crippen molar-refractivity contribution in [3.05, 3.63) is 60.2 Å². The summed E-state index contributed by atoms with van der Waals surface area (Å²) in [4.78, 5) is 16.9. The van der Waals surface area contributed by atoms with Gasteiger partial charge in [0.25, 0.3) is 0 Å². The molecule has 0 spiro atoms. The molecule has 0 bridgehead atoms. The highest BCUT2D eigenvalue weighted by atomic mass is 16.2. The molecule has 3 aromatic rings. The van der Waals surface area contributed by atoms with E-state index in [1.165, 1.54) is 0 Å². The number of nitrogens with one attached hydrogen (secondary N) is 1. The monoisotopic (exact) mass is 263 g/mol. The zero-order chi connectivity index (χ0) is 13.5. The van der Waals surface area contributed by atoms with Gasteiger partial charge in [0.1, 0.15) is 0 Å². The molecule has 4 heteroatoms. The van der Waals surface area contributed by atoms with Crippen LogP contribution in [0.4, 0.5) is 5.95 Å². The molecule has 1 N–H and O–H groups in total. The fourth-order valence-corrected chi connectivity index (χ4v) is 2.73. The molecule has 4 nitrogen and oxygen atoms in total. The normalized spacial score (nSPS) is 17.8. The number of nitrogens with zero attached hydrogens (tertiary/aromatic N) is 2. The molecule has 0 saturated heterocycles. The lowest BCUT2D eigenvalue weighted by molar-refractivity contribution is 0.0893. The van der Waals surface area contributed by atoms with Crippen LogP contribution < -0.4 is 5.32 Å². The number of hydrogen-bond acceptors (Lipinski definition) is 3. The topological polar surface area (TPSA) is 46.9 Å². The third-order valence-corrected chi connectivity index (χ3v) is 3.69. The second kappa shape index (κ2) is 4.20. The molecule has 2 heterocycles. The van der Waals surface area contributed by atoms with E-state index in [0.29, 0.717) is 12.4 Å². The summed E-state index contributed by atoms with van der Waals surface area (Å²) in [5, 5.41) is 3.36. The van der Waals surface area contributed by atoms with E-state index in [0.717, 1.165) is 16.6 Å². The number of fused-ring (bicyclic) bond motifs is 3. The molecule has 4 rings (SSSR count). The van der Waals surface area contributed by atoms with E-state index >= 15 is 0 Å². The van der Waals surface area contributed by atoms with Crippen molar-refractivity contribution in [1.82, 2.24) is 9.55 Å². The van der Waals surface area contributed by atoms with Gasteiger partial charge in [0.2, 0.25) is 11.9 Å². The van der Waals surface area contributed by atoms with Gasteiger partial charge in [0, 0.05) is 0 Å². The van der Waals surface area contributed by atoms with E-state index in [2.05, 4.69) is 10.3 Å². The van der Waals surface area contributed by atoms with Crippen LogP contribution in [0.25, 0.3) is 11.0 Å². The summed E-state index contributed by atoms with van der Waals surface area (Å²) in [7, 11) is 0. The molecular weight excluding hydrogens is 250 g/mol. The zero-order valence-corrected chi connectivity index (χ0v) is 10.8. The molecular formula is C16H13N3O. The predicted octanol–water partition coefficient (Wildman–Crippen LogP) is 3.23.